The second-order valence-electron chi connectivity index (χ2n) is 4.86. The van der Waals surface area contributed by atoms with Crippen molar-refractivity contribution in [2.45, 2.75) is 44.6 Å². The summed E-state index contributed by atoms with van der Waals surface area (Å²) in [4.78, 5) is 15.6. The molecule has 0 bridgehead atoms. The Balaban J connectivity index is 1.86. The van der Waals surface area contributed by atoms with E-state index in [0.717, 1.165) is 11.3 Å². The number of hydrogen-bond acceptors (Lipinski definition) is 5. The Bertz CT molecular complexity index is 526. The van der Waals surface area contributed by atoms with Gasteiger partial charge in [-0.25, -0.2) is 4.98 Å². The van der Waals surface area contributed by atoms with E-state index in [4.69, 9.17) is 5.73 Å². The molecule has 2 heterocycles. The van der Waals surface area contributed by atoms with Crippen molar-refractivity contribution in [3.63, 3.8) is 0 Å². The van der Waals surface area contributed by atoms with Crippen LogP contribution in [0, 0.1) is 0 Å². The molecule has 0 radical (unpaired) electrons. The van der Waals surface area contributed by atoms with Crippen molar-refractivity contribution in [2.75, 3.05) is 11.1 Å². The molecule has 6 heteroatoms. The molecule has 2 aromatic rings. The Hall–Kier alpha value is -1.85. The lowest BCUT2D eigenvalue weighted by Gasteiger charge is -2.17. The summed E-state index contributed by atoms with van der Waals surface area (Å²) < 4.78 is 0. The van der Waals surface area contributed by atoms with Crippen molar-refractivity contribution >= 4 is 22.9 Å². The maximum Gasteiger partial charge on any atom is 0.224 e. The van der Waals surface area contributed by atoms with Crippen LogP contribution in [-0.4, -0.2) is 26.0 Å². The highest BCUT2D eigenvalue weighted by Crippen LogP contribution is 2.23. The average molecular weight is 246 g/mol. The normalized spacial score (nSPS) is 17.8. The fourth-order valence-corrected chi connectivity index (χ4v) is 2.57. The number of nitrogens with two attached hydrogens (primary N) is 1. The average Bonchev–Trinajstić information content (AvgIpc) is 2.66. The predicted octanol–water partition coefficient (Wildman–Crippen LogP) is 2.07. The lowest BCUT2D eigenvalue weighted by molar-refractivity contribution is 0.618. The van der Waals surface area contributed by atoms with Gasteiger partial charge in [0.2, 0.25) is 5.95 Å². The molecule has 6 nitrogen and oxygen atoms in total. The highest BCUT2D eigenvalue weighted by molar-refractivity contribution is 5.83. The molecule has 18 heavy (non-hydrogen) atoms. The standard InChI is InChI=1S/C12H18N6/c13-12-17-10-9(14-7-15-10)11(18-12)16-8-5-3-1-2-4-6-8/h7-8H,1-6H2,(H4,13,14,15,16,17,18). The maximum atomic E-state index is 5.70. The van der Waals surface area contributed by atoms with Gasteiger partial charge in [0.25, 0.3) is 0 Å². The second-order valence-corrected chi connectivity index (χ2v) is 4.86. The monoisotopic (exact) mass is 246 g/mol. The van der Waals surface area contributed by atoms with Crippen molar-refractivity contribution in [3.8, 4) is 0 Å². The van der Waals surface area contributed by atoms with Crippen molar-refractivity contribution in [1.29, 1.82) is 0 Å². The summed E-state index contributed by atoms with van der Waals surface area (Å²) in [7, 11) is 0. The number of H-pyrrole nitrogens is 1. The molecule has 0 saturated heterocycles. The van der Waals surface area contributed by atoms with Gasteiger partial charge in [0.05, 0.1) is 6.33 Å². The van der Waals surface area contributed by atoms with Gasteiger partial charge in [-0.3, -0.25) is 0 Å². The van der Waals surface area contributed by atoms with Crippen LogP contribution in [0.5, 0.6) is 0 Å². The van der Waals surface area contributed by atoms with Gasteiger partial charge in [-0.2, -0.15) is 9.97 Å². The Labute approximate surface area is 105 Å². The van der Waals surface area contributed by atoms with E-state index in [2.05, 4.69) is 25.3 Å². The van der Waals surface area contributed by atoms with Crippen LogP contribution in [0.3, 0.4) is 0 Å². The Morgan fingerprint density at radius 2 is 1.94 bits per heavy atom. The zero-order chi connectivity index (χ0) is 12.4. The van der Waals surface area contributed by atoms with Crippen molar-refractivity contribution in [2.24, 2.45) is 0 Å². The first-order valence-electron chi connectivity index (χ1n) is 6.56. The van der Waals surface area contributed by atoms with Crippen LogP contribution in [0.4, 0.5) is 11.8 Å². The van der Waals surface area contributed by atoms with Crippen LogP contribution >= 0.6 is 0 Å². The van der Waals surface area contributed by atoms with Crippen LogP contribution in [-0.2, 0) is 0 Å². The molecule has 0 aromatic carbocycles. The Morgan fingerprint density at radius 1 is 1.17 bits per heavy atom. The van der Waals surface area contributed by atoms with Gasteiger partial charge in [-0.15, -0.1) is 0 Å². The predicted molar refractivity (Wildman–Crippen MR) is 71.2 cm³/mol. The van der Waals surface area contributed by atoms with E-state index < -0.39 is 0 Å². The fraction of sp³-hybridized carbons (Fsp3) is 0.583. The molecular weight excluding hydrogens is 228 g/mol. The van der Waals surface area contributed by atoms with Crippen LogP contribution < -0.4 is 11.1 Å². The van der Waals surface area contributed by atoms with Crippen LogP contribution in [0.25, 0.3) is 11.2 Å². The second kappa shape index (κ2) is 4.80. The Morgan fingerprint density at radius 3 is 2.72 bits per heavy atom. The number of anilines is 2. The van der Waals surface area contributed by atoms with Gasteiger partial charge < -0.3 is 16.0 Å². The van der Waals surface area contributed by atoms with E-state index in [1.807, 2.05) is 0 Å². The first kappa shape index (κ1) is 11.3. The lowest BCUT2D eigenvalue weighted by Crippen LogP contribution is -2.19. The number of aromatic nitrogens is 4. The quantitative estimate of drug-likeness (QED) is 0.705. The first-order chi connectivity index (χ1) is 8.83. The SMILES string of the molecule is Nc1nc(NC2CCCCCC2)c2[nH]cnc2n1. The third-order valence-corrected chi connectivity index (χ3v) is 3.50. The molecule has 0 atom stereocenters. The summed E-state index contributed by atoms with van der Waals surface area (Å²) >= 11 is 0. The van der Waals surface area contributed by atoms with Gasteiger partial charge in [0, 0.05) is 6.04 Å². The number of nitrogens with zero attached hydrogens (tertiary/aromatic N) is 3. The number of hydrogen-bond donors (Lipinski definition) is 3. The van der Waals surface area contributed by atoms with E-state index in [-0.39, 0.29) is 5.95 Å². The summed E-state index contributed by atoms with van der Waals surface area (Å²) in [6.45, 7) is 0. The molecule has 1 fully saturated rings. The molecule has 1 aliphatic carbocycles. The number of nitrogen functional groups attached to an aromatic ring is 1. The van der Waals surface area contributed by atoms with Crippen LogP contribution in [0.2, 0.25) is 0 Å². The third-order valence-electron chi connectivity index (χ3n) is 3.50. The maximum absolute atomic E-state index is 5.70. The molecule has 0 spiro atoms. The van der Waals surface area contributed by atoms with Crippen molar-refractivity contribution in [1.82, 2.24) is 19.9 Å². The van der Waals surface area contributed by atoms with Gasteiger partial charge in [-0.1, -0.05) is 25.7 Å². The molecular formula is C12H18N6. The molecule has 2 aromatic heterocycles. The largest absolute Gasteiger partial charge is 0.368 e. The molecule has 0 aliphatic heterocycles. The number of imidazole rings is 1. The van der Waals surface area contributed by atoms with E-state index in [0.29, 0.717) is 11.7 Å². The van der Waals surface area contributed by atoms with Crippen molar-refractivity contribution in [3.05, 3.63) is 6.33 Å². The van der Waals surface area contributed by atoms with Gasteiger partial charge in [-0.05, 0) is 12.8 Å². The number of fused-ring (bicyclic) bond motifs is 1. The minimum Gasteiger partial charge on any atom is -0.368 e. The van der Waals surface area contributed by atoms with E-state index in [1.165, 1.54) is 38.5 Å². The molecule has 3 rings (SSSR count). The molecule has 1 saturated carbocycles. The molecule has 0 amide bonds. The number of aromatic amines is 1. The molecule has 96 valence electrons. The minimum atomic E-state index is 0.269. The van der Waals surface area contributed by atoms with Gasteiger partial charge in [0.1, 0.15) is 5.52 Å². The fourth-order valence-electron chi connectivity index (χ4n) is 2.57. The van der Waals surface area contributed by atoms with Crippen molar-refractivity contribution < 1.29 is 0 Å². The summed E-state index contributed by atoms with van der Waals surface area (Å²) in [6, 6.07) is 0.480. The lowest BCUT2D eigenvalue weighted by atomic mass is 10.1. The minimum absolute atomic E-state index is 0.269. The summed E-state index contributed by atoms with van der Waals surface area (Å²) in [5, 5.41) is 3.49. The van der Waals surface area contributed by atoms with E-state index in [1.54, 1.807) is 6.33 Å². The smallest absolute Gasteiger partial charge is 0.224 e. The summed E-state index contributed by atoms with van der Waals surface area (Å²) in [5.74, 6) is 1.05. The van der Waals surface area contributed by atoms with Crippen LogP contribution in [0.15, 0.2) is 6.33 Å². The zero-order valence-corrected chi connectivity index (χ0v) is 10.3. The highest BCUT2D eigenvalue weighted by atomic mass is 15.1. The molecule has 0 unspecified atom stereocenters. The summed E-state index contributed by atoms with van der Waals surface area (Å²) in [5.41, 5.74) is 7.17. The number of nitrogens with one attached hydrogen (secondary N) is 2. The van der Waals surface area contributed by atoms with Gasteiger partial charge >= 0.3 is 0 Å². The summed E-state index contributed by atoms with van der Waals surface area (Å²) in [6.07, 6.45) is 9.25. The van der Waals surface area contributed by atoms with E-state index in [9.17, 15) is 0 Å². The Kier molecular flexibility index (Phi) is 3.00. The number of rotatable bonds is 2. The molecule has 1 aliphatic rings. The first-order valence-corrected chi connectivity index (χ1v) is 6.56. The highest BCUT2D eigenvalue weighted by Gasteiger charge is 2.15. The molecule has 4 N–H and O–H groups in total. The van der Waals surface area contributed by atoms with Gasteiger partial charge in [0.15, 0.2) is 11.5 Å². The zero-order valence-electron chi connectivity index (χ0n) is 10.3. The third kappa shape index (κ3) is 2.23. The topological polar surface area (TPSA) is 92.5 Å². The van der Waals surface area contributed by atoms with E-state index >= 15 is 0 Å². The van der Waals surface area contributed by atoms with Crippen LogP contribution in [0.1, 0.15) is 38.5 Å².